The summed E-state index contributed by atoms with van der Waals surface area (Å²) in [6.45, 7) is 2.68. The highest BCUT2D eigenvalue weighted by atomic mass is 15.2. The number of hydrogen-bond acceptors (Lipinski definition) is 3. The quantitative estimate of drug-likeness (QED) is 0.777. The number of aryl methyl sites for hydroxylation is 1. The van der Waals surface area contributed by atoms with E-state index in [2.05, 4.69) is 35.2 Å². The van der Waals surface area contributed by atoms with Crippen molar-refractivity contribution in [3.8, 4) is 11.3 Å². The first-order valence-electron chi connectivity index (χ1n) is 6.39. The zero-order valence-electron chi connectivity index (χ0n) is 10.9. The zero-order chi connectivity index (χ0) is 13.2. The molecule has 0 atom stereocenters. The molecule has 4 heteroatoms. The fraction of sp³-hybridized carbons (Fsp3) is 0.200. The van der Waals surface area contributed by atoms with Crippen molar-refractivity contribution < 1.29 is 0 Å². The molecule has 1 aromatic carbocycles. The Morgan fingerprint density at radius 2 is 2.16 bits per heavy atom. The van der Waals surface area contributed by atoms with E-state index in [0.29, 0.717) is 6.54 Å². The van der Waals surface area contributed by atoms with Gasteiger partial charge in [0.25, 0.3) is 0 Å². The van der Waals surface area contributed by atoms with Crippen molar-refractivity contribution in [2.24, 2.45) is 5.73 Å². The van der Waals surface area contributed by atoms with Crippen LogP contribution in [0.5, 0.6) is 0 Å². The van der Waals surface area contributed by atoms with Crippen molar-refractivity contribution in [1.82, 2.24) is 14.6 Å². The third kappa shape index (κ3) is 2.11. The van der Waals surface area contributed by atoms with Gasteiger partial charge in [-0.05, 0) is 32.0 Å². The van der Waals surface area contributed by atoms with Gasteiger partial charge >= 0.3 is 0 Å². The number of rotatable bonds is 3. The van der Waals surface area contributed by atoms with E-state index in [1.54, 1.807) is 6.20 Å². The molecule has 3 aromatic rings. The highest BCUT2D eigenvalue weighted by molar-refractivity contribution is 5.71. The number of aromatic nitrogens is 3. The molecular formula is C15H16N4. The number of nitrogens with zero attached hydrogens (tertiary/aromatic N) is 3. The molecule has 19 heavy (non-hydrogen) atoms. The van der Waals surface area contributed by atoms with Gasteiger partial charge in [0.1, 0.15) is 0 Å². The minimum atomic E-state index is 0.594. The second-order valence-electron chi connectivity index (χ2n) is 4.62. The Morgan fingerprint density at radius 1 is 1.26 bits per heavy atom. The lowest BCUT2D eigenvalue weighted by atomic mass is 10.0. The first-order chi connectivity index (χ1) is 9.29. The lowest BCUT2D eigenvalue weighted by Crippen LogP contribution is -2.03. The van der Waals surface area contributed by atoms with E-state index in [1.165, 1.54) is 5.56 Å². The Kier molecular flexibility index (Phi) is 3.01. The molecule has 0 aliphatic rings. The van der Waals surface area contributed by atoms with Crippen LogP contribution in [0.2, 0.25) is 0 Å². The van der Waals surface area contributed by atoms with Crippen molar-refractivity contribution in [3.63, 3.8) is 0 Å². The molecule has 0 bridgehead atoms. The fourth-order valence-electron chi connectivity index (χ4n) is 2.33. The lowest BCUT2D eigenvalue weighted by molar-refractivity contribution is 0.941. The van der Waals surface area contributed by atoms with Crippen molar-refractivity contribution in [1.29, 1.82) is 0 Å². The number of nitrogens with two attached hydrogens (primary N) is 1. The molecule has 0 fully saturated rings. The summed E-state index contributed by atoms with van der Waals surface area (Å²) in [4.78, 5) is 4.41. The molecule has 0 aliphatic heterocycles. The highest BCUT2D eigenvalue weighted by Crippen LogP contribution is 2.26. The monoisotopic (exact) mass is 252 g/mol. The molecule has 2 heterocycles. The van der Waals surface area contributed by atoms with Crippen LogP contribution in [-0.4, -0.2) is 21.1 Å². The fourth-order valence-corrected chi connectivity index (χ4v) is 2.33. The summed E-state index contributed by atoms with van der Waals surface area (Å²) < 4.78 is 1.82. The average Bonchev–Trinajstić information content (AvgIpc) is 2.79. The predicted molar refractivity (Wildman–Crippen MR) is 75.9 cm³/mol. The van der Waals surface area contributed by atoms with E-state index in [1.807, 2.05) is 22.8 Å². The Labute approximate surface area is 111 Å². The van der Waals surface area contributed by atoms with Crippen molar-refractivity contribution in [2.45, 2.75) is 13.3 Å². The van der Waals surface area contributed by atoms with Crippen LogP contribution in [0.4, 0.5) is 0 Å². The Morgan fingerprint density at radius 3 is 2.95 bits per heavy atom. The normalized spacial score (nSPS) is 11.1. The van der Waals surface area contributed by atoms with E-state index < -0.39 is 0 Å². The second kappa shape index (κ2) is 4.82. The van der Waals surface area contributed by atoms with Gasteiger partial charge < -0.3 is 5.73 Å². The Hall–Kier alpha value is -2.20. The van der Waals surface area contributed by atoms with Crippen molar-refractivity contribution in [3.05, 3.63) is 53.9 Å². The molecule has 0 saturated carbocycles. The van der Waals surface area contributed by atoms with Crippen LogP contribution >= 0.6 is 0 Å². The predicted octanol–water partition coefficient (Wildman–Crippen LogP) is 2.21. The second-order valence-corrected chi connectivity index (χ2v) is 4.62. The summed E-state index contributed by atoms with van der Waals surface area (Å²) in [7, 11) is 0. The van der Waals surface area contributed by atoms with Crippen LogP contribution < -0.4 is 5.73 Å². The summed E-state index contributed by atoms with van der Waals surface area (Å²) in [6, 6.07) is 10.2. The smallest absolute Gasteiger partial charge is 0.158 e. The largest absolute Gasteiger partial charge is 0.330 e. The van der Waals surface area contributed by atoms with Gasteiger partial charge in [0.2, 0.25) is 0 Å². The summed E-state index contributed by atoms with van der Waals surface area (Å²) in [5.74, 6) is 0. The van der Waals surface area contributed by atoms with E-state index in [9.17, 15) is 0 Å². The SMILES string of the molecule is Cc1cccc(-c2nn3cccnc3c2CCN)c1. The molecule has 96 valence electrons. The number of fused-ring (bicyclic) bond motifs is 1. The van der Waals surface area contributed by atoms with Crippen LogP contribution in [0.3, 0.4) is 0 Å². The van der Waals surface area contributed by atoms with Crippen LogP contribution in [0.1, 0.15) is 11.1 Å². The van der Waals surface area contributed by atoms with Crippen LogP contribution in [0.25, 0.3) is 16.9 Å². The first kappa shape index (κ1) is 11.9. The van der Waals surface area contributed by atoms with E-state index >= 15 is 0 Å². The topological polar surface area (TPSA) is 56.2 Å². The van der Waals surface area contributed by atoms with Gasteiger partial charge in [-0.15, -0.1) is 0 Å². The molecule has 0 amide bonds. The maximum absolute atomic E-state index is 5.72. The molecule has 2 aromatic heterocycles. The molecule has 0 radical (unpaired) electrons. The van der Waals surface area contributed by atoms with Gasteiger partial charge in [-0.3, -0.25) is 0 Å². The zero-order valence-corrected chi connectivity index (χ0v) is 10.9. The molecule has 4 nitrogen and oxygen atoms in total. The van der Waals surface area contributed by atoms with Crippen LogP contribution in [-0.2, 0) is 6.42 Å². The number of hydrogen-bond donors (Lipinski definition) is 1. The third-order valence-electron chi connectivity index (χ3n) is 3.18. The van der Waals surface area contributed by atoms with Crippen molar-refractivity contribution in [2.75, 3.05) is 6.54 Å². The standard InChI is InChI=1S/C15H16N4/c1-11-4-2-5-12(10-11)14-13(6-7-16)15-17-8-3-9-19(15)18-14/h2-5,8-10H,6-7,16H2,1H3. The molecule has 0 saturated heterocycles. The lowest BCUT2D eigenvalue weighted by Gasteiger charge is -2.02. The molecular weight excluding hydrogens is 236 g/mol. The maximum atomic E-state index is 5.72. The van der Waals surface area contributed by atoms with E-state index in [0.717, 1.165) is 28.9 Å². The van der Waals surface area contributed by atoms with Gasteiger partial charge in [0, 0.05) is 23.5 Å². The molecule has 0 aliphatic carbocycles. The van der Waals surface area contributed by atoms with E-state index in [4.69, 9.17) is 5.73 Å². The summed E-state index contributed by atoms with van der Waals surface area (Å²) in [5.41, 5.74) is 11.1. The van der Waals surface area contributed by atoms with Gasteiger partial charge in [0.05, 0.1) is 5.69 Å². The Balaban J connectivity index is 2.25. The van der Waals surface area contributed by atoms with Gasteiger partial charge in [0.15, 0.2) is 5.65 Å². The summed E-state index contributed by atoms with van der Waals surface area (Å²) in [5, 5.41) is 4.64. The average molecular weight is 252 g/mol. The highest BCUT2D eigenvalue weighted by Gasteiger charge is 2.14. The van der Waals surface area contributed by atoms with Crippen LogP contribution in [0.15, 0.2) is 42.7 Å². The van der Waals surface area contributed by atoms with E-state index in [-0.39, 0.29) is 0 Å². The molecule has 3 rings (SSSR count). The van der Waals surface area contributed by atoms with Crippen molar-refractivity contribution >= 4 is 5.65 Å². The Bertz CT molecular complexity index is 715. The third-order valence-corrected chi connectivity index (χ3v) is 3.18. The van der Waals surface area contributed by atoms with Gasteiger partial charge in [-0.1, -0.05) is 23.8 Å². The van der Waals surface area contributed by atoms with Crippen LogP contribution in [0, 0.1) is 6.92 Å². The number of benzene rings is 1. The first-order valence-corrected chi connectivity index (χ1v) is 6.39. The van der Waals surface area contributed by atoms with Gasteiger partial charge in [-0.25, -0.2) is 9.50 Å². The minimum Gasteiger partial charge on any atom is -0.330 e. The molecule has 2 N–H and O–H groups in total. The molecule has 0 spiro atoms. The summed E-state index contributed by atoms with van der Waals surface area (Å²) in [6.07, 6.45) is 4.49. The molecule has 0 unspecified atom stereocenters. The van der Waals surface area contributed by atoms with Gasteiger partial charge in [-0.2, -0.15) is 5.10 Å². The minimum absolute atomic E-state index is 0.594. The maximum Gasteiger partial charge on any atom is 0.158 e. The summed E-state index contributed by atoms with van der Waals surface area (Å²) >= 11 is 0.